The Morgan fingerprint density at radius 1 is 1.09 bits per heavy atom. The van der Waals surface area contributed by atoms with E-state index in [-0.39, 0.29) is 11.7 Å². The van der Waals surface area contributed by atoms with Crippen LogP contribution in [0, 0.1) is 12.8 Å². The lowest BCUT2D eigenvalue weighted by atomic mass is 9.82. The van der Waals surface area contributed by atoms with E-state index in [4.69, 9.17) is 9.40 Å². The highest BCUT2D eigenvalue weighted by atomic mass is 16.3. The van der Waals surface area contributed by atoms with Crippen LogP contribution >= 0.6 is 0 Å². The van der Waals surface area contributed by atoms with Gasteiger partial charge in [-0.25, -0.2) is 15.0 Å². The SMILES string of the molecule is Cc1nc(-c2ccc3cnc(CC(=O)C4CCC(N5CCN(C)CC5)CC4)nc3c2)co1. The highest BCUT2D eigenvalue weighted by Gasteiger charge is 2.30. The number of aryl methyl sites for hydroxylation is 1. The number of benzene rings is 1. The normalized spacial score (nSPS) is 22.9. The minimum atomic E-state index is 0.141. The maximum absolute atomic E-state index is 13.0. The van der Waals surface area contributed by atoms with Gasteiger partial charge in [-0.05, 0) is 38.8 Å². The predicted molar refractivity (Wildman–Crippen MR) is 123 cm³/mol. The van der Waals surface area contributed by atoms with E-state index >= 15 is 0 Å². The number of ketones is 1. The molecule has 3 heterocycles. The number of rotatable bonds is 5. The maximum atomic E-state index is 13.0. The van der Waals surface area contributed by atoms with Crippen molar-refractivity contribution in [2.24, 2.45) is 5.92 Å². The van der Waals surface area contributed by atoms with Gasteiger partial charge in [0.05, 0.1) is 11.9 Å². The summed E-state index contributed by atoms with van der Waals surface area (Å²) in [6.45, 7) is 6.43. The molecule has 2 aliphatic rings. The quantitative estimate of drug-likeness (QED) is 0.609. The summed E-state index contributed by atoms with van der Waals surface area (Å²) < 4.78 is 5.33. The van der Waals surface area contributed by atoms with Crippen molar-refractivity contribution in [3.8, 4) is 11.3 Å². The van der Waals surface area contributed by atoms with Crippen LogP contribution in [0.15, 0.2) is 35.1 Å². The lowest BCUT2D eigenvalue weighted by Crippen LogP contribution is -2.50. The van der Waals surface area contributed by atoms with E-state index in [2.05, 4.69) is 26.8 Å². The zero-order valence-electron chi connectivity index (χ0n) is 19.0. The average molecular weight is 434 g/mol. The first-order valence-electron chi connectivity index (χ1n) is 11.7. The van der Waals surface area contributed by atoms with Crippen molar-refractivity contribution in [2.45, 2.75) is 45.1 Å². The number of aromatic nitrogens is 3. The van der Waals surface area contributed by atoms with Gasteiger partial charge in [-0.15, -0.1) is 0 Å². The van der Waals surface area contributed by atoms with Crippen molar-refractivity contribution in [1.82, 2.24) is 24.8 Å². The summed E-state index contributed by atoms with van der Waals surface area (Å²) in [6.07, 6.45) is 8.00. The fourth-order valence-corrected chi connectivity index (χ4v) is 5.05. The van der Waals surface area contributed by atoms with E-state index in [1.165, 1.54) is 0 Å². The molecule has 2 fully saturated rings. The number of carbonyl (C=O) groups is 1. The van der Waals surface area contributed by atoms with Crippen LogP contribution in [0.2, 0.25) is 0 Å². The van der Waals surface area contributed by atoms with Gasteiger partial charge in [0.15, 0.2) is 5.89 Å². The van der Waals surface area contributed by atoms with Crippen LogP contribution < -0.4 is 0 Å². The first-order valence-corrected chi connectivity index (χ1v) is 11.7. The Hall–Kier alpha value is -2.64. The van der Waals surface area contributed by atoms with Crippen LogP contribution in [0.3, 0.4) is 0 Å². The van der Waals surface area contributed by atoms with E-state index < -0.39 is 0 Å². The van der Waals surface area contributed by atoms with Gasteiger partial charge in [0.2, 0.25) is 0 Å². The van der Waals surface area contributed by atoms with Crippen molar-refractivity contribution in [3.05, 3.63) is 42.4 Å². The molecule has 0 spiro atoms. The van der Waals surface area contributed by atoms with Crippen molar-refractivity contribution in [2.75, 3.05) is 33.2 Å². The number of fused-ring (bicyclic) bond motifs is 1. The Labute approximate surface area is 188 Å². The first-order chi connectivity index (χ1) is 15.5. The molecule has 0 atom stereocenters. The van der Waals surface area contributed by atoms with Crippen LogP contribution in [0.25, 0.3) is 22.2 Å². The molecule has 1 aliphatic carbocycles. The molecule has 5 rings (SSSR count). The van der Waals surface area contributed by atoms with Gasteiger partial charge in [0.25, 0.3) is 0 Å². The molecule has 0 amide bonds. The number of carbonyl (C=O) groups excluding carboxylic acids is 1. The van der Waals surface area contributed by atoms with E-state index in [1.54, 1.807) is 6.26 Å². The summed E-state index contributed by atoms with van der Waals surface area (Å²) in [5.41, 5.74) is 2.57. The van der Waals surface area contributed by atoms with Gasteiger partial charge in [0, 0.05) is 62.2 Å². The molecule has 7 nitrogen and oxygen atoms in total. The van der Waals surface area contributed by atoms with Crippen LogP contribution in [0.4, 0.5) is 0 Å². The summed E-state index contributed by atoms with van der Waals surface area (Å²) in [5, 5.41) is 0.956. The van der Waals surface area contributed by atoms with Crippen molar-refractivity contribution in [1.29, 1.82) is 0 Å². The standard InChI is InChI=1S/C25H31N5O2/c1-17-27-23(16-32-17)19-3-4-20-15-26-25(28-22(20)13-19)14-24(31)18-5-7-21(8-6-18)30-11-9-29(2)10-12-30/h3-4,13,15-16,18,21H,5-12,14H2,1-2H3. The lowest BCUT2D eigenvalue weighted by molar-refractivity contribution is -0.123. The molecule has 3 aromatic rings. The highest BCUT2D eigenvalue weighted by molar-refractivity contribution is 5.85. The van der Waals surface area contributed by atoms with Crippen LogP contribution in [0.5, 0.6) is 0 Å². The number of hydrogen-bond acceptors (Lipinski definition) is 7. The summed E-state index contributed by atoms with van der Waals surface area (Å²) in [4.78, 5) is 31.6. The molecule has 168 valence electrons. The number of oxazole rings is 1. The molecular formula is C25H31N5O2. The van der Waals surface area contributed by atoms with Crippen LogP contribution in [0.1, 0.15) is 37.4 Å². The van der Waals surface area contributed by atoms with Crippen molar-refractivity contribution >= 4 is 16.7 Å². The van der Waals surface area contributed by atoms with Crippen LogP contribution in [-0.2, 0) is 11.2 Å². The zero-order valence-corrected chi connectivity index (χ0v) is 19.0. The monoisotopic (exact) mass is 433 g/mol. The third-order valence-corrected chi connectivity index (χ3v) is 7.09. The zero-order chi connectivity index (χ0) is 22.1. The predicted octanol–water partition coefficient (Wildman–Crippen LogP) is 3.51. The molecule has 1 saturated carbocycles. The highest BCUT2D eigenvalue weighted by Crippen LogP contribution is 2.30. The molecule has 0 bridgehead atoms. The largest absolute Gasteiger partial charge is 0.449 e. The molecule has 32 heavy (non-hydrogen) atoms. The molecular weight excluding hydrogens is 402 g/mol. The Balaban J connectivity index is 1.22. The lowest BCUT2D eigenvalue weighted by Gasteiger charge is -2.40. The number of Topliss-reactive ketones (excluding diaryl/α,β-unsaturated/α-hetero) is 1. The fraction of sp³-hybridized carbons (Fsp3) is 0.520. The Kier molecular flexibility index (Phi) is 6.02. The Morgan fingerprint density at radius 3 is 2.59 bits per heavy atom. The third-order valence-electron chi connectivity index (χ3n) is 7.09. The van der Waals surface area contributed by atoms with Gasteiger partial charge < -0.3 is 9.32 Å². The summed E-state index contributed by atoms with van der Waals surface area (Å²) in [7, 11) is 2.19. The molecule has 0 unspecified atom stereocenters. The molecule has 1 aromatic carbocycles. The Morgan fingerprint density at radius 2 is 1.88 bits per heavy atom. The number of likely N-dealkylation sites (N-methyl/N-ethyl adjacent to an activating group) is 1. The third kappa shape index (κ3) is 4.59. The van der Waals surface area contributed by atoms with Gasteiger partial charge >= 0.3 is 0 Å². The molecule has 1 saturated heterocycles. The number of nitrogens with zero attached hydrogens (tertiary/aromatic N) is 5. The molecule has 7 heteroatoms. The molecule has 0 N–H and O–H groups in total. The average Bonchev–Trinajstić information content (AvgIpc) is 3.25. The minimum absolute atomic E-state index is 0.141. The molecule has 2 aromatic heterocycles. The van der Waals surface area contributed by atoms with Crippen molar-refractivity contribution in [3.63, 3.8) is 0 Å². The maximum Gasteiger partial charge on any atom is 0.191 e. The topological polar surface area (TPSA) is 75.4 Å². The second kappa shape index (κ2) is 9.08. The smallest absolute Gasteiger partial charge is 0.191 e. The summed E-state index contributed by atoms with van der Waals surface area (Å²) in [5.74, 6) is 1.67. The van der Waals surface area contributed by atoms with E-state index in [0.29, 0.717) is 24.2 Å². The Bertz CT molecular complexity index is 1090. The number of hydrogen-bond donors (Lipinski definition) is 0. The van der Waals surface area contributed by atoms with Gasteiger partial charge in [-0.3, -0.25) is 9.69 Å². The second-order valence-electron chi connectivity index (χ2n) is 9.30. The number of piperazine rings is 1. The van der Waals surface area contributed by atoms with E-state index in [1.807, 2.05) is 31.3 Å². The van der Waals surface area contributed by atoms with Gasteiger partial charge in [-0.1, -0.05) is 12.1 Å². The molecule has 1 aliphatic heterocycles. The van der Waals surface area contributed by atoms with Gasteiger partial charge in [0.1, 0.15) is 23.6 Å². The van der Waals surface area contributed by atoms with Crippen LogP contribution in [-0.4, -0.2) is 69.8 Å². The van der Waals surface area contributed by atoms with E-state index in [9.17, 15) is 4.79 Å². The van der Waals surface area contributed by atoms with Crippen molar-refractivity contribution < 1.29 is 9.21 Å². The second-order valence-corrected chi connectivity index (χ2v) is 9.30. The fourth-order valence-electron chi connectivity index (χ4n) is 5.05. The first kappa shape index (κ1) is 21.2. The van der Waals surface area contributed by atoms with Gasteiger partial charge in [-0.2, -0.15) is 0 Å². The summed E-state index contributed by atoms with van der Waals surface area (Å²) >= 11 is 0. The molecule has 0 radical (unpaired) electrons. The minimum Gasteiger partial charge on any atom is -0.449 e. The summed E-state index contributed by atoms with van der Waals surface area (Å²) in [6, 6.07) is 6.61. The van der Waals surface area contributed by atoms with E-state index in [0.717, 1.165) is 74.0 Å².